The summed E-state index contributed by atoms with van der Waals surface area (Å²) in [4.78, 5) is 16.9. The highest BCUT2D eigenvalue weighted by atomic mass is 35.5. The molecule has 5 nitrogen and oxygen atoms in total. The fraction of sp³-hybridized carbons (Fsp3) is 0.238. The first-order valence-corrected chi connectivity index (χ1v) is 9.51. The lowest BCUT2D eigenvalue weighted by molar-refractivity contribution is 0.0741. The Hall–Kier alpha value is -2.86. The van der Waals surface area contributed by atoms with Gasteiger partial charge in [-0.1, -0.05) is 17.7 Å². The fourth-order valence-electron chi connectivity index (χ4n) is 3.44. The molecule has 1 fully saturated rings. The lowest BCUT2D eigenvalue weighted by Crippen LogP contribution is -2.49. The highest BCUT2D eigenvalue weighted by Gasteiger charge is 2.24. The van der Waals surface area contributed by atoms with Crippen molar-refractivity contribution in [2.75, 3.05) is 31.1 Å². The molecule has 4 rings (SSSR count). The van der Waals surface area contributed by atoms with Crippen molar-refractivity contribution < 1.29 is 9.18 Å². The van der Waals surface area contributed by atoms with Crippen LogP contribution in [-0.4, -0.2) is 47.2 Å². The number of H-pyrrole nitrogens is 1. The van der Waals surface area contributed by atoms with E-state index in [0.29, 0.717) is 29.5 Å². The van der Waals surface area contributed by atoms with E-state index < -0.39 is 0 Å². The maximum absolute atomic E-state index is 13.1. The number of amides is 1. The van der Waals surface area contributed by atoms with Gasteiger partial charge in [-0.15, -0.1) is 0 Å². The van der Waals surface area contributed by atoms with Crippen LogP contribution in [0.2, 0.25) is 5.02 Å². The third-order valence-electron chi connectivity index (χ3n) is 5.03. The monoisotopic (exact) mass is 398 g/mol. The zero-order valence-electron chi connectivity index (χ0n) is 15.5. The molecule has 1 aliphatic heterocycles. The van der Waals surface area contributed by atoms with E-state index in [1.54, 1.807) is 18.2 Å². The van der Waals surface area contributed by atoms with Crippen molar-refractivity contribution in [3.8, 4) is 11.3 Å². The first-order chi connectivity index (χ1) is 13.5. The molecule has 2 aromatic carbocycles. The Labute approximate surface area is 167 Å². The van der Waals surface area contributed by atoms with Gasteiger partial charge < -0.3 is 9.80 Å². The van der Waals surface area contributed by atoms with E-state index in [0.717, 1.165) is 24.3 Å². The summed E-state index contributed by atoms with van der Waals surface area (Å²) in [5.41, 5.74) is 4.10. The molecule has 7 heteroatoms. The first kappa shape index (κ1) is 18.5. The minimum absolute atomic E-state index is 0.0803. The van der Waals surface area contributed by atoms with Crippen LogP contribution in [0.25, 0.3) is 11.3 Å². The number of anilines is 1. The van der Waals surface area contributed by atoms with E-state index >= 15 is 0 Å². The molecule has 1 saturated heterocycles. The molecular weight excluding hydrogens is 379 g/mol. The van der Waals surface area contributed by atoms with Crippen LogP contribution in [0.5, 0.6) is 0 Å². The standard InChI is InChI=1S/C21H20ClFN4O/c1-14-2-5-16(22)12-20(14)26-8-10-27(11-9-26)21(28)19-13-18(24-25-19)15-3-6-17(23)7-4-15/h2-7,12-13H,8-11H2,1H3,(H,24,25). The largest absolute Gasteiger partial charge is 0.368 e. The van der Waals surface area contributed by atoms with Gasteiger partial charge in [-0.3, -0.25) is 9.89 Å². The molecule has 0 atom stereocenters. The second-order valence-electron chi connectivity index (χ2n) is 6.88. The van der Waals surface area contributed by atoms with E-state index in [4.69, 9.17) is 11.6 Å². The quantitative estimate of drug-likeness (QED) is 0.721. The lowest BCUT2D eigenvalue weighted by atomic mass is 10.1. The Morgan fingerprint density at radius 3 is 2.50 bits per heavy atom. The number of carbonyl (C=O) groups is 1. The molecule has 0 spiro atoms. The van der Waals surface area contributed by atoms with Gasteiger partial charge in [0.25, 0.3) is 5.91 Å². The van der Waals surface area contributed by atoms with Crippen molar-refractivity contribution in [1.29, 1.82) is 0 Å². The molecule has 1 N–H and O–H groups in total. The maximum Gasteiger partial charge on any atom is 0.272 e. The molecule has 3 aromatic rings. The fourth-order valence-corrected chi connectivity index (χ4v) is 3.61. The summed E-state index contributed by atoms with van der Waals surface area (Å²) in [7, 11) is 0. The van der Waals surface area contributed by atoms with Crippen LogP contribution in [0.15, 0.2) is 48.5 Å². The smallest absolute Gasteiger partial charge is 0.272 e. The van der Waals surface area contributed by atoms with Crippen molar-refractivity contribution in [1.82, 2.24) is 15.1 Å². The van der Waals surface area contributed by atoms with Gasteiger partial charge in [-0.2, -0.15) is 5.10 Å². The van der Waals surface area contributed by atoms with Crippen LogP contribution in [0.1, 0.15) is 16.1 Å². The summed E-state index contributed by atoms with van der Waals surface area (Å²) in [5, 5.41) is 7.72. The Bertz CT molecular complexity index is 994. The molecule has 0 unspecified atom stereocenters. The maximum atomic E-state index is 13.1. The van der Waals surface area contributed by atoms with E-state index in [1.807, 2.05) is 23.1 Å². The zero-order valence-corrected chi connectivity index (χ0v) is 16.2. The number of aromatic amines is 1. The topological polar surface area (TPSA) is 52.2 Å². The molecule has 1 amide bonds. The average Bonchev–Trinajstić information content (AvgIpc) is 3.20. The summed E-state index contributed by atoms with van der Waals surface area (Å²) >= 11 is 6.13. The Kier molecular flexibility index (Phi) is 5.05. The normalized spacial score (nSPS) is 14.4. The molecule has 0 radical (unpaired) electrons. The Morgan fingerprint density at radius 2 is 1.79 bits per heavy atom. The predicted octanol–water partition coefficient (Wildman–Crippen LogP) is 4.14. The summed E-state index contributed by atoms with van der Waals surface area (Å²) < 4.78 is 13.1. The molecule has 1 aromatic heterocycles. The van der Waals surface area contributed by atoms with Gasteiger partial charge in [0.2, 0.25) is 0 Å². The number of nitrogens with zero attached hydrogens (tertiary/aromatic N) is 3. The summed E-state index contributed by atoms with van der Waals surface area (Å²) in [6.45, 7) is 4.79. The highest BCUT2D eigenvalue weighted by molar-refractivity contribution is 6.30. The molecule has 28 heavy (non-hydrogen) atoms. The number of piperazine rings is 1. The highest BCUT2D eigenvalue weighted by Crippen LogP contribution is 2.26. The third kappa shape index (κ3) is 3.73. The van der Waals surface area contributed by atoms with E-state index in [9.17, 15) is 9.18 Å². The van der Waals surface area contributed by atoms with Crippen LogP contribution in [0.3, 0.4) is 0 Å². The second-order valence-corrected chi connectivity index (χ2v) is 7.32. The van der Waals surface area contributed by atoms with Crippen molar-refractivity contribution in [2.24, 2.45) is 0 Å². The molecular formula is C21H20ClFN4O. The minimum Gasteiger partial charge on any atom is -0.368 e. The SMILES string of the molecule is Cc1ccc(Cl)cc1N1CCN(C(=O)c2cc(-c3ccc(F)cc3)n[nH]2)CC1. The number of benzene rings is 2. The van der Waals surface area contributed by atoms with Gasteiger partial charge in [0, 0.05) is 42.5 Å². The molecule has 144 valence electrons. The van der Waals surface area contributed by atoms with E-state index in [-0.39, 0.29) is 11.7 Å². The summed E-state index contributed by atoms with van der Waals surface area (Å²) in [6.07, 6.45) is 0. The first-order valence-electron chi connectivity index (χ1n) is 9.13. The van der Waals surface area contributed by atoms with E-state index in [1.165, 1.54) is 17.7 Å². The third-order valence-corrected chi connectivity index (χ3v) is 5.26. The van der Waals surface area contributed by atoms with Crippen molar-refractivity contribution >= 4 is 23.2 Å². The second kappa shape index (κ2) is 7.64. The van der Waals surface area contributed by atoms with Crippen molar-refractivity contribution in [2.45, 2.75) is 6.92 Å². The van der Waals surface area contributed by atoms with Crippen molar-refractivity contribution in [3.63, 3.8) is 0 Å². The summed E-state index contributed by atoms with van der Waals surface area (Å²) in [5.74, 6) is -0.383. The van der Waals surface area contributed by atoms with Gasteiger partial charge in [0.1, 0.15) is 11.5 Å². The summed E-state index contributed by atoms with van der Waals surface area (Å²) in [6, 6.07) is 13.6. The average molecular weight is 399 g/mol. The molecule has 0 aliphatic carbocycles. The van der Waals surface area contributed by atoms with Gasteiger partial charge >= 0.3 is 0 Å². The van der Waals surface area contributed by atoms with Crippen molar-refractivity contribution in [3.05, 3.63) is 70.6 Å². The van der Waals surface area contributed by atoms with Crippen LogP contribution < -0.4 is 4.90 Å². The lowest BCUT2D eigenvalue weighted by Gasteiger charge is -2.36. The number of hydrogen-bond donors (Lipinski definition) is 1. The molecule has 0 bridgehead atoms. The number of aromatic nitrogens is 2. The molecule has 2 heterocycles. The van der Waals surface area contributed by atoms with Gasteiger partial charge in [-0.05, 0) is 55.0 Å². The van der Waals surface area contributed by atoms with E-state index in [2.05, 4.69) is 22.0 Å². The predicted molar refractivity (Wildman–Crippen MR) is 108 cm³/mol. The number of nitrogens with one attached hydrogen (secondary N) is 1. The van der Waals surface area contributed by atoms with Crippen LogP contribution in [-0.2, 0) is 0 Å². The van der Waals surface area contributed by atoms with Crippen LogP contribution in [0.4, 0.5) is 10.1 Å². The van der Waals surface area contributed by atoms with Crippen LogP contribution in [0, 0.1) is 12.7 Å². The minimum atomic E-state index is -0.302. The Balaban J connectivity index is 1.43. The zero-order chi connectivity index (χ0) is 19.7. The number of rotatable bonds is 3. The van der Waals surface area contributed by atoms with Gasteiger partial charge in [0.15, 0.2) is 0 Å². The number of aryl methyl sites for hydroxylation is 1. The molecule has 1 aliphatic rings. The molecule has 0 saturated carbocycles. The number of carbonyl (C=O) groups excluding carboxylic acids is 1. The number of hydrogen-bond acceptors (Lipinski definition) is 3. The van der Waals surface area contributed by atoms with Gasteiger partial charge in [0.05, 0.1) is 5.69 Å². The van der Waals surface area contributed by atoms with Crippen LogP contribution >= 0.6 is 11.6 Å². The number of halogens is 2. The Morgan fingerprint density at radius 1 is 1.07 bits per heavy atom. The van der Waals surface area contributed by atoms with Gasteiger partial charge in [-0.25, -0.2) is 4.39 Å².